The number of Topliss-reactive ketones (excluding diaryl/α,β-unsaturated/α-hetero) is 1. The Hall–Kier alpha value is -4.25. The summed E-state index contributed by atoms with van der Waals surface area (Å²) in [4.78, 5) is 14.4. The van der Waals surface area contributed by atoms with Gasteiger partial charge in [0, 0.05) is 75.9 Å². The number of hydrogen-bond donors (Lipinski definition) is 5. The topological polar surface area (TPSA) is 241 Å². The molecule has 124 heavy (non-hydrogen) atoms. The number of thiophene rings is 2. The van der Waals surface area contributed by atoms with Crippen LogP contribution in [0.25, 0.3) is 0 Å². The predicted octanol–water partition coefficient (Wildman–Crippen LogP) is 25.4. The minimum absolute atomic E-state index is 0. The fourth-order valence-corrected chi connectivity index (χ4v) is 21.6. The van der Waals surface area contributed by atoms with Gasteiger partial charge >= 0.3 is 25.3 Å². The zero-order chi connectivity index (χ0) is 94.3. The number of hydrogen-bond acceptors (Lipinski definition) is 14. The second-order valence-corrected chi connectivity index (χ2v) is 35.3. The zero-order valence-corrected chi connectivity index (χ0v) is 90.7. The number of oxime groups is 1. The van der Waals surface area contributed by atoms with E-state index in [1.807, 2.05) is 172 Å². The molecule has 8 bridgehead atoms. The van der Waals surface area contributed by atoms with Crippen molar-refractivity contribution in [2.24, 2.45) is 58.2 Å². The first-order chi connectivity index (χ1) is 60.1. The predicted molar refractivity (Wildman–Crippen MR) is 535 cm³/mol. The van der Waals surface area contributed by atoms with E-state index in [0.717, 1.165) is 104 Å². The number of sulfonamides is 1. The molecular formula is C101H167Br2Cl2N5O9PtS4. The van der Waals surface area contributed by atoms with Crippen LogP contribution in [0.2, 0.25) is 0 Å². The van der Waals surface area contributed by atoms with Gasteiger partial charge in [-0.25, -0.2) is 32.7 Å². The summed E-state index contributed by atoms with van der Waals surface area (Å²) in [6, 6.07) is 50.1. The van der Waals surface area contributed by atoms with Crippen LogP contribution in [0.1, 0.15) is 305 Å². The van der Waals surface area contributed by atoms with Gasteiger partial charge in [0.05, 0.1) is 5.71 Å². The van der Waals surface area contributed by atoms with Gasteiger partial charge in [0.1, 0.15) is 14.2 Å². The van der Waals surface area contributed by atoms with E-state index in [9.17, 15) is 21.6 Å². The van der Waals surface area contributed by atoms with Crippen LogP contribution >= 0.6 is 65.2 Å². The van der Waals surface area contributed by atoms with Gasteiger partial charge < -0.3 is 28.2 Å². The van der Waals surface area contributed by atoms with E-state index in [1.54, 1.807) is 40.4 Å². The van der Waals surface area contributed by atoms with E-state index in [0.29, 0.717) is 51.5 Å². The molecule has 3 heterocycles. The van der Waals surface area contributed by atoms with Gasteiger partial charge in [-0.1, -0.05) is 343 Å². The summed E-state index contributed by atoms with van der Waals surface area (Å²) in [5, 5.41) is 24.7. The number of nitrogens with zero attached hydrogens (tertiary/aromatic N) is 2. The maximum atomic E-state index is 12.6. The number of nitrogens with two attached hydrogens (primary N) is 1. The molecule has 1 aliphatic heterocycles. The quantitative estimate of drug-likeness (QED) is 0.0435. The Morgan fingerprint density at radius 1 is 0.452 bits per heavy atom. The molecule has 7 aromatic rings. The van der Waals surface area contributed by atoms with Gasteiger partial charge in [0.25, 0.3) is 9.05 Å². The van der Waals surface area contributed by atoms with Crippen LogP contribution < -0.4 is 28.8 Å². The van der Waals surface area contributed by atoms with Gasteiger partial charge in [0.15, 0.2) is 0 Å². The number of alkyl halides is 2. The SMILES string of the molecule is BrCc1ccccc1CBr.C1=C(N2CCCC2)CCC1.CC.CC.CC.CC.CC.CC.CC.CC.CC.CC.CC.CC.NC1[C@@H]2CC[C@H]1Cc1ccccc1C2.O=C1[C@@H]2CC[C@H]1Cc1ccccc1C2.O=S(=O)(Cl)c1cccs1.O=S(=O)(NC1[C@@H]2CC[C@H]1Cc1ccccc1C2)c1cccs1.ON=C1[C@@H]2CC[C@H]1Cc1ccccc1C2.[Cl-].[NH3+]O.[O]=[Pt]=[O]. The Kier molecular flexibility index (Phi) is 83.6. The van der Waals surface area contributed by atoms with Crippen LogP contribution in [-0.2, 0) is 111 Å². The molecule has 0 radical (unpaired) electrons. The normalized spacial score (nSPS) is 20.5. The number of ketones is 1. The van der Waals surface area contributed by atoms with Crippen molar-refractivity contribution in [2.45, 2.75) is 332 Å². The summed E-state index contributed by atoms with van der Waals surface area (Å²) < 4.78 is 66.7. The molecule has 10 aliphatic rings. The van der Waals surface area contributed by atoms with Crippen molar-refractivity contribution in [1.82, 2.24) is 9.62 Å². The summed E-state index contributed by atoms with van der Waals surface area (Å²) in [7, 11) is -1.86. The van der Waals surface area contributed by atoms with Gasteiger partial charge in [0.2, 0.25) is 10.0 Å². The number of quaternary nitrogens is 1. The van der Waals surface area contributed by atoms with E-state index < -0.39 is 37.6 Å². The van der Waals surface area contributed by atoms with Crippen molar-refractivity contribution in [1.29, 1.82) is 0 Å². The first-order valence-corrected chi connectivity index (χ1v) is 56.3. The van der Waals surface area contributed by atoms with E-state index in [1.165, 1.54) is 146 Å². The standard InChI is InChI=1S/C17H19NO2S2.C13H15NO.C13H17N.C13H14O.C9H15N.C8H8Br2.C4H3ClO2S2.12C2H6.ClH.H4NO.2O.Pt/c19-22(20,16-6-3-9-21-16)18-17-14-7-8-15(17)11-13-5-2-1-4-12(13)10-14;15-14-13-11-5-6-12(13)8-10-4-2-1-3-9(10)7-11;2*14-13-11-5-6-12(13)8-10-4-2-1-3-9(10)7-11;1-2-6-9(5-1)10-7-3-4-8-10;9-5-7-3-1-2-4-8(7)6-10;5-9(6,7)4-2-1-3-8-4;12*1-2;;1-2;;;/h1-6,9,14-15,17-18H,7-8,10-11H2;1-4,11-12,15H,5-8H2;1-4,11-13H,5-8,14H2;1-4,11-12H,5-8H2;5H,1-4,6-8H2;1-4H,5-6H2;1-3H;12*1-2H3;1H;2H,1H3;;;/q;;;;;;;;;;;;;;;;;;;;+1;;;/p-1/t14-,15+,17?;11-,12+;11-,12+,13?;11-,12+;;;;;;;;;;;;;;;;;;;;. The number of fused-ring (bicyclic) bond motifs is 12. The number of nitrogens with one attached hydrogen (secondary N) is 1. The molecule has 0 amide bonds. The second kappa shape index (κ2) is 80.8. The van der Waals surface area contributed by atoms with Crippen molar-refractivity contribution >= 4 is 95.8 Å². The number of rotatable bonds is 7. The molecule has 23 heteroatoms. The van der Waals surface area contributed by atoms with E-state index in [-0.39, 0.29) is 22.7 Å². The summed E-state index contributed by atoms with van der Waals surface area (Å²) in [5.74, 6) is 6.78. The number of carbonyl (C=O) groups is 1. The zero-order valence-electron chi connectivity index (χ0n) is 80.4. The van der Waals surface area contributed by atoms with Crippen LogP contribution in [-0.4, -0.2) is 68.8 Å². The Morgan fingerprint density at radius 3 is 1.02 bits per heavy atom. The number of likely N-dealkylation sites (tertiary alicyclic amines) is 1. The second-order valence-electron chi connectivity index (χ2n) is 27.2. The first kappa shape index (κ1) is 128. The van der Waals surface area contributed by atoms with Crippen LogP contribution in [0, 0.1) is 47.3 Å². The molecule has 9 aliphatic carbocycles. The molecule has 5 fully saturated rings. The molecule has 712 valence electrons. The number of benzene rings is 5. The fourth-order valence-electron chi connectivity index (χ4n) is 16.4. The number of allylic oxidation sites excluding steroid dienone is 2. The number of halogens is 4. The van der Waals surface area contributed by atoms with Crippen LogP contribution in [0.5, 0.6) is 0 Å². The minimum atomic E-state index is -3.47. The van der Waals surface area contributed by atoms with Crippen molar-refractivity contribution in [3.63, 3.8) is 0 Å². The fraction of sp³-hybridized carbons (Fsp3) is 0.584. The number of carbonyl (C=O) groups excluding carboxylic acids is 1. The molecule has 17 rings (SSSR count). The molecular weight excluding hydrogens is 1980 g/mol. The molecule has 2 unspecified atom stereocenters. The van der Waals surface area contributed by atoms with Gasteiger partial charge in [-0.15, -0.1) is 22.7 Å². The van der Waals surface area contributed by atoms with Crippen LogP contribution in [0.15, 0.2) is 182 Å². The average molecular weight is 2150 g/mol. The van der Waals surface area contributed by atoms with Crippen molar-refractivity contribution in [2.75, 3.05) is 13.1 Å². The summed E-state index contributed by atoms with van der Waals surface area (Å²) in [5.41, 5.74) is 23.3. The average Bonchev–Trinajstić information content (AvgIpc) is 1.75. The molecule has 5 aromatic carbocycles. The Labute approximate surface area is 801 Å². The van der Waals surface area contributed by atoms with E-state index >= 15 is 0 Å². The summed E-state index contributed by atoms with van der Waals surface area (Å²) in [6.45, 7) is 50.7. The van der Waals surface area contributed by atoms with Crippen molar-refractivity contribution in [3.05, 3.63) is 224 Å². The third kappa shape index (κ3) is 44.6. The van der Waals surface area contributed by atoms with Gasteiger partial charge in [-0.05, 0) is 237 Å². The Bertz CT molecular complexity index is 3900. The molecule has 14 nitrogen and oxygen atoms in total. The Morgan fingerprint density at radius 2 is 0.742 bits per heavy atom. The molecule has 8 N–H and O–H groups in total. The summed E-state index contributed by atoms with van der Waals surface area (Å²) in [6.07, 6.45) is 27.4. The third-order valence-corrected chi connectivity index (χ3v) is 28.5. The first-order valence-electron chi connectivity index (χ1n) is 46.7. The van der Waals surface area contributed by atoms with Gasteiger partial charge in [-0.3, -0.25) is 4.79 Å². The van der Waals surface area contributed by atoms with Crippen molar-refractivity contribution < 1.29 is 75.6 Å². The van der Waals surface area contributed by atoms with E-state index in [4.69, 9.17) is 33.6 Å². The molecule has 4 saturated carbocycles. The molecule has 2 aromatic heterocycles. The van der Waals surface area contributed by atoms with Crippen molar-refractivity contribution in [3.8, 4) is 0 Å². The van der Waals surface area contributed by atoms with E-state index in [2.05, 4.69) is 180 Å². The monoisotopic (exact) mass is 2140 g/mol. The summed E-state index contributed by atoms with van der Waals surface area (Å²) >= 11 is 7.33. The molecule has 1 saturated heterocycles. The third-order valence-electron chi connectivity index (χ3n) is 21.4. The maximum absolute atomic E-state index is 12.6. The molecule has 0 spiro atoms. The Balaban J connectivity index is -0.000000427. The van der Waals surface area contributed by atoms with Gasteiger partial charge in [-0.2, -0.15) is 0 Å². The van der Waals surface area contributed by atoms with Crippen LogP contribution in [0.4, 0.5) is 0 Å². The van der Waals surface area contributed by atoms with Crippen LogP contribution in [0.3, 0.4) is 0 Å². The molecule has 10 atom stereocenters.